The van der Waals surface area contributed by atoms with Crippen LogP contribution in [0, 0.1) is 6.92 Å². The van der Waals surface area contributed by atoms with E-state index in [1.807, 2.05) is 61.5 Å². The number of hydrogen-bond acceptors (Lipinski definition) is 6. The Bertz CT molecular complexity index is 1510. The number of anilines is 1. The molecule has 1 atom stereocenters. The second-order valence-corrected chi connectivity index (χ2v) is 13.3. The summed E-state index contributed by atoms with van der Waals surface area (Å²) >= 11 is 0. The fourth-order valence-electron chi connectivity index (χ4n) is 5.58. The van der Waals surface area contributed by atoms with Crippen LogP contribution >= 0.6 is 0 Å². The number of sulfonamides is 1. The molecule has 1 fully saturated rings. The maximum Gasteiger partial charge on any atom is 0.244 e. The van der Waals surface area contributed by atoms with Crippen LogP contribution in [0.4, 0.5) is 5.69 Å². The normalized spacial score (nSPS) is 14.4. The number of benzene rings is 3. The summed E-state index contributed by atoms with van der Waals surface area (Å²) in [5.74, 6) is 0.0273. The molecule has 9 nitrogen and oxygen atoms in total. The Morgan fingerprint density at radius 3 is 2.16 bits per heavy atom. The van der Waals surface area contributed by atoms with Crippen molar-refractivity contribution >= 4 is 27.5 Å². The number of carbonyl (C=O) groups excluding carboxylic acids is 2. The number of ether oxygens (including phenoxy) is 2. The Morgan fingerprint density at radius 2 is 1.55 bits per heavy atom. The van der Waals surface area contributed by atoms with Gasteiger partial charge in [0, 0.05) is 25.1 Å². The average Bonchev–Trinajstić information content (AvgIpc) is 3.02. The minimum Gasteiger partial charge on any atom is -0.493 e. The molecule has 3 aromatic carbocycles. The second-order valence-electron chi connectivity index (χ2n) is 11.4. The summed E-state index contributed by atoms with van der Waals surface area (Å²) < 4.78 is 38.0. The van der Waals surface area contributed by atoms with Crippen molar-refractivity contribution in [3.8, 4) is 11.5 Å². The van der Waals surface area contributed by atoms with Crippen LogP contribution in [-0.2, 0) is 32.6 Å². The standard InChI is InChI=1S/C34H43N3O6S/c1-25-15-17-27(18-16-25)23-36(30(21-26-11-7-5-8-12-26)34(39)35-28-13-9-6-10-14-28)33(38)24-37(44(4,40)41)29-19-20-31(42-2)32(22-29)43-3/h5,7-8,11-12,15-20,22,28,30H,6,9-10,13-14,21,23-24H2,1-4H3,(H,35,39)/t30-/m1/s1. The van der Waals surface area contributed by atoms with Crippen LogP contribution in [0.5, 0.6) is 11.5 Å². The first-order valence-corrected chi connectivity index (χ1v) is 16.8. The molecular formula is C34H43N3O6S. The van der Waals surface area contributed by atoms with Crippen molar-refractivity contribution in [1.82, 2.24) is 10.2 Å². The van der Waals surface area contributed by atoms with Crippen molar-refractivity contribution in [2.24, 2.45) is 0 Å². The molecule has 0 heterocycles. The van der Waals surface area contributed by atoms with Gasteiger partial charge in [-0.15, -0.1) is 0 Å². The average molecular weight is 622 g/mol. The molecule has 3 aromatic rings. The summed E-state index contributed by atoms with van der Waals surface area (Å²) in [6, 6.07) is 21.2. The minimum absolute atomic E-state index is 0.0464. The van der Waals surface area contributed by atoms with E-state index in [2.05, 4.69) is 5.32 Å². The summed E-state index contributed by atoms with van der Waals surface area (Å²) in [7, 11) is -0.960. The van der Waals surface area contributed by atoms with E-state index in [9.17, 15) is 18.0 Å². The minimum atomic E-state index is -3.91. The number of rotatable bonds is 13. The zero-order valence-corrected chi connectivity index (χ0v) is 26.8. The summed E-state index contributed by atoms with van der Waals surface area (Å²) in [6.45, 7) is 1.62. The lowest BCUT2D eigenvalue weighted by Crippen LogP contribution is -2.55. The summed E-state index contributed by atoms with van der Waals surface area (Å²) in [5, 5.41) is 3.22. The third-order valence-corrected chi connectivity index (χ3v) is 9.17. The van der Waals surface area contributed by atoms with Gasteiger partial charge in [0.05, 0.1) is 26.2 Å². The van der Waals surface area contributed by atoms with Gasteiger partial charge in [-0.05, 0) is 43.0 Å². The van der Waals surface area contributed by atoms with E-state index < -0.39 is 28.5 Å². The van der Waals surface area contributed by atoms with Crippen molar-refractivity contribution in [3.05, 3.63) is 89.5 Å². The third kappa shape index (κ3) is 8.75. The number of carbonyl (C=O) groups is 2. The smallest absolute Gasteiger partial charge is 0.244 e. The molecular weight excluding hydrogens is 578 g/mol. The molecule has 0 radical (unpaired) electrons. The molecule has 1 saturated carbocycles. The van der Waals surface area contributed by atoms with Crippen LogP contribution in [0.25, 0.3) is 0 Å². The molecule has 1 aliphatic carbocycles. The van der Waals surface area contributed by atoms with E-state index in [4.69, 9.17) is 9.47 Å². The van der Waals surface area contributed by atoms with E-state index in [0.717, 1.165) is 59.4 Å². The molecule has 236 valence electrons. The van der Waals surface area contributed by atoms with E-state index in [-0.39, 0.29) is 30.6 Å². The summed E-state index contributed by atoms with van der Waals surface area (Å²) in [6.07, 6.45) is 6.39. The molecule has 4 rings (SSSR count). The highest BCUT2D eigenvalue weighted by Gasteiger charge is 2.34. The quantitative estimate of drug-likeness (QED) is 0.292. The highest BCUT2D eigenvalue weighted by molar-refractivity contribution is 7.92. The van der Waals surface area contributed by atoms with Gasteiger partial charge in [-0.25, -0.2) is 8.42 Å². The molecule has 0 aromatic heterocycles. The van der Waals surface area contributed by atoms with Crippen molar-refractivity contribution in [3.63, 3.8) is 0 Å². The molecule has 10 heteroatoms. The number of amides is 2. The number of nitrogens with zero attached hydrogens (tertiary/aromatic N) is 2. The van der Waals surface area contributed by atoms with Crippen LogP contribution in [0.1, 0.15) is 48.8 Å². The Labute approximate surface area is 261 Å². The van der Waals surface area contributed by atoms with Gasteiger partial charge in [0.15, 0.2) is 11.5 Å². The predicted octanol–water partition coefficient (Wildman–Crippen LogP) is 4.87. The first-order valence-electron chi connectivity index (χ1n) is 15.0. The number of aryl methyl sites for hydroxylation is 1. The topological polar surface area (TPSA) is 105 Å². The lowest BCUT2D eigenvalue weighted by molar-refractivity contribution is -0.140. The number of hydrogen-bond donors (Lipinski definition) is 1. The van der Waals surface area contributed by atoms with Crippen LogP contribution < -0.4 is 19.1 Å². The molecule has 0 spiro atoms. The van der Waals surface area contributed by atoms with Crippen LogP contribution in [-0.4, -0.2) is 64.2 Å². The maximum absolute atomic E-state index is 14.3. The zero-order chi connectivity index (χ0) is 31.7. The van der Waals surface area contributed by atoms with Crippen molar-refractivity contribution in [1.29, 1.82) is 0 Å². The molecule has 0 bridgehead atoms. The first-order chi connectivity index (χ1) is 21.1. The van der Waals surface area contributed by atoms with Crippen molar-refractivity contribution in [2.45, 2.75) is 64.1 Å². The van der Waals surface area contributed by atoms with Gasteiger partial charge < -0.3 is 19.7 Å². The molecule has 0 aliphatic heterocycles. The Hall–Kier alpha value is -4.05. The van der Waals surface area contributed by atoms with E-state index in [1.165, 1.54) is 25.2 Å². The monoisotopic (exact) mass is 621 g/mol. The lowest BCUT2D eigenvalue weighted by Gasteiger charge is -2.35. The van der Waals surface area contributed by atoms with E-state index >= 15 is 0 Å². The predicted molar refractivity (Wildman–Crippen MR) is 172 cm³/mol. The second kappa shape index (κ2) is 15.1. The summed E-state index contributed by atoms with van der Waals surface area (Å²) in [5.41, 5.74) is 3.06. The molecule has 44 heavy (non-hydrogen) atoms. The van der Waals surface area contributed by atoms with Crippen LogP contribution in [0.15, 0.2) is 72.8 Å². The van der Waals surface area contributed by atoms with Crippen LogP contribution in [0.3, 0.4) is 0 Å². The van der Waals surface area contributed by atoms with Gasteiger partial charge >= 0.3 is 0 Å². The molecule has 1 N–H and O–H groups in total. The molecule has 0 saturated heterocycles. The largest absolute Gasteiger partial charge is 0.493 e. The molecule has 2 amide bonds. The highest BCUT2D eigenvalue weighted by Crippen LogP contribution is 2.32. The maximum atomic E-state index is 14.3. The summed E-state index contributed by atoms with van der Waals surface area (Å²) in [4.78, 5) is 29.9. The Balaban J connectivity index is 1.73. The van der Waals surface area contributed by atoms with Crippen molar-refractivity contribution < 1.29 is 27.5 Å². The highest BCUT2D eigenvalue weighted by atomic mass is 32.2. The van der Waals surface area contributed by atoms with Crippen LogP contribution in [0.2, 0.25) is 0 Å². The SMILES string of the molecule is COc1ccc(N(CC(=O)N(Cc2ccc(C)cc2)[C@H](Cc2ccccc2)C(=O)NC2CCCCC2)S(C)(=O)=O)cc1OC. The Morgan fingerprint density at radius 1 is 0.886 bits per heavy atom. The van der Waals surface area contributed by atoms with Gasteiger partial charge in [0.2, 0.25) is 21.8 Å². The molecule has 0 unspecified atom stereocenters. The van der Waals surface area contributed by atoms with Gasteiger partial charge in [0.25, 0.3) is 0 Å². The lowest BCUT2D eigenvalue weighted by atomic mass is 9.94. The third-order valence-electron chi connectivity index (χ3n) is 8.03. The first kappa shape index (κ1) is 32.9. The molecule has 1 aliphatic rings. The van der Waals surface area contributed by atoms with Gasteiger partial charge in [-0.1, -0.05) is 79.4 Å². The van der Waals surface area contributed by atoms with Gasteiger partial charge in [-0.2, -0.15) is 0 Å². The fourth-order valence-corrected chi connectivity index (χ4v) is 6.42. The van der Waals surface area contributed by atoms with Crippen molar-refractivity contribution in [2.75, 3.05) is 31.3 Å². The zero-order valence-electron chi connectivity index (χ0n) is 26.0. The van der Waals surface area contributed by atoms with E-state index in [0.29, 0.717) is 11.5 Å². The van der Waals surface area contributed by atoms with E-state index in [1.54, 1.807) is 12.1 Å². The van der Waals surface area contributed by atoms with Gasteiger partial charge in [0.1, 0.15) is 12.6 Å². The fraction of sp³-hybridized carbons (Fsp3) is 0.412. The number of methoxy groups -OCH3 is 2. The van der Waals surface area contributed by atoms with Gasteiger partial charge in [-0.3, -0.25) is 13.9 Å². The number of nitrogens with one attached hydrogen (secondary N) is 1. The Kier molecular flexibility index (Phi) is 11.3.